The second-order valence-corrected chi connectivity index (χ2v) is 4.68. The predicted molar refractivity (Wildman–Crippen MR) is 58.9 cm³/mol. The van der Waals surface area contributed by atoms with Crippen LogP contribution in [0.1, 0.15) is 5.56 Å². The fourth-order valence-corrected chi connectivity index (χ4v) is 1.76. The van der Waals surface area contributed by atoms with Gasteiger partial charge in [0.25, 0.3) is 10.0 Å². The Morgan fingerprint density at radius 2 is 1.88 bits per heavy atom. The van der Waals surface area contributed by atoms with E-state index in [9.17, 15) is 13.2 Å². The van der Waals surface area contributed by atoms with E-state index in [2.05, 4.69) is 9.13 Å². The zero-order chi connectivity index (χ0) is 12.2. The molecule has 0 spiro atoms. The monoisotopic (exact) mass is 241 g/mol. The number of hydrogen-bond donors (Lipinski definition) is 0. The highest BCUT2D eigenvalue weighted by Gasteiger charge is 2.11. The van der Waals surface area contributed by atoms with Crippen molar-refractivity contribution in [2.45, 2.75) is 11.8 Å². The second-order valence-electron chi connectivity index (χ2n) is 3.05. The van der Waals surface area contributed by atoms with Crippen molar-refractivity contribution in [2.24, 2.45) is 4.40 Å². The van der Waals surface area contributed by atoms with Crippen molar-refractivity contribution in [1.82, 2.24) is 0 Å². The Bertz CT molecular complexity index is 502. The van der Waals surface area contributed by atoms with Crippen LogP contribution in [-0.4, -0.2) is 27.7 Å². The molecule has 0 aliphatic carbocycles. The minimum absolute atomic E-state index is 0.0400. The zero-order valence-electron chi connectivity index (χ0n) is 8.88. The lowest BCUT2D eigenvalue weighted by Crippen LogP contribution is -2.05. The molecule has 1 aromatic rings. The van der Waals surface area contributed by atoms with E-state index < -0.39 is 16.0 Å². The first kappa shape index (κ1) is 12.4. The molecule has 0 aliphatic rings. The number of esters is 1. The summed E-state index contributed by atoms with van der Waals surface area (Å²) in [5.74, 6) is -0.810. The highest BCUT2D eigenvalue weighted by Crippen LogP contribution is 2.12. The van der Waals surface area contributed by atoms with E-state index in [4.69, 9.17) is 0 Å². The first-order chi connectivity index (χ1) is 7.45. The van der Waals surface area contributed by atoms with Crippen LogP contribution in [0.15, 0.2) is 33.6 Å². The molecule has 0 radical (unpaired) electrons. The number of carbonyl (C=O) groups is 1. The van der Waals surface area contributed by atoms with Crippen LogP contribution in [0, 0.1) is 6.92 Å². The van der Waals surface area contributed by atoms with Gasteiger partial charge in [-0.25, -0.2) is 4.79 Å². The number of aryl methyl sites for hydroxylation is 1. The zero-order valence-corrected chi connectivity index (χ0v) is 9.69. The van der Waals surface area contributed by atoms with Gasteiger partial charge in [0.1, 0.15) is 6.21 Å². The van der Waals surface area contributed by atoms with E-state index in [0.29, 0.717) is 6.21 Å². The molecule has 0 aromatic heterocycles. The highest BCUT2D eigenvalue weighted by molar-refractivity contribution is 7.90. The Morgan fingerprint density at radius 1 is 1.31 bits per heavy atom. The summed E-state index contributed by atoms with van der Waals surface area (Å²) in [6.07, 6.45) is 0.634. The molecule has 1 aromatic carbocycles. The molecule has 0 amide bonds. The molecular weight excluding hydrogens is 230 g/mol. The maximum atomic E-state index is 11.6. The normalized spacial score (nSPS) is 11.6. The Kier molecular flexibility index (Phi) is 3.78. The maximum Gasteiger partial charge on any atom is 0.350 e. The number of hydrogen-bond acceptors (Lipinski definition) is 4. The molecule has 0 aliphatic heterocycles. The first-order valence-electron chi connectivity index (χ1n) is 4.40. The van der Waals surface area contributed by atoms with Crippen LogP contribution in [0.2, 0.25) is 0 Å². The average Bonchev–Trinajstić information content (AvgIpc) is 2.26. The summed E-state index contributed by atoms with van der Waals surface area (Å²) < 4.78 is 30.6. The van der Waals surface area contributed by atoms with Gasteiger partial charge in [-0.2, -0.15) is 12.8 Å². The lowest BCUT2D eigenvalue weighted by Gasteiger charge is -1.98. The van der Waals surface area contributed by atoms with Crippen molar-refractivity contribution in [1.29, 1.82) is 0 Å². The van der Waals surface area contributed by atoms with Crippen molar-refractivity contribution >= 4 is 22.2 Å². The van der Waals surface area contributed by atoms with Crippen molar-refractivity contribution in [3.63, 3.8) is 0 Å². The summed E-state index contributed by atoms with van der Waals surface area (Å²) >= 11 is 0. The average molecular weight is 241 g/mol. The number of rotatable bonds is 3. The third-order valence-electron chi connectivity index (χ3n) is 1.82. The standard InChI is InChI=1S/C10H11NO4S/c1-8-3-5-9(6-4-8)16(13,14)11-7-10(12)15-2/h3-7H,1-2H3/b11-7-. The van der Waals surface area contributed by atoms with E-state index in [1.54, 1.807) is 12.1 Å². The van der Waals surface area contributed by atoms with Gasteiger partial charge < -0.3 is 4.74 Å². The maximum absolute atomic E-state index is 11.6. The van der Waals surface area contributed by atoms with Crippen LogP contribution in [0.25, 0.3) is 0 Å². The van der Waals surface area contributed by atoms with Crippen molar-refractivity contribution in [3.05, 3.63) is 29.8 Å². The van der Waals surface area contributed by atoms with E-state index in [0.717, 1.165) is 12.7 Å². The molecule has 0 N–H and O–H groups in total. The lowest BCUT2D eigenvalue weighted by molar-refractivity contribution is -0.132. The molecular formula is C10H11NO4S. The summed E-state index contributed by atoms with van der Waals surface area (Å²) in [6, 6.07) is 6.17. The van der Waals surface area contributed by atoms with Crippen LogP contribution >= 0.6 is 0 Å². The molecule has 0 saturated heterocycles. The van der Waals surface area contributed by atoms with Crippen LogP contribution in [-0.2, 0) is 19.6 Å². The van der Waals surface area contributed by atoms with E-state index >= 15 is 0 Å². The third kappa shape index (κ3) is 3.16. The quantitative estimate of drug-likeness (QED) is 0.583. The van der Waals surface area contributed by atoms with Gasteiger partial charge >= 0.3 is 5.97 Å². The number of ether oxygens (including phenoxy) is 1. The Balaban J connectivity index is 2.99. The largest absolute Gasteiger partial charge is 0.465 e. The first-order valence-corrected chi connectivity index (χ1v) is 5.84. The van der Waals surface area contributed by atoms with Crippen molar-refractivity contribution in [2.75, 3.05) is 7.11 Å². The molecule has 6 heteroatoms. The molecule has 86 valence electrons. The van der Waals surface area contributed by atoms with Gasteiger partial charge in [0.2, 0.25) is 0 Å². The van der Waals surface area contributed by atoms with Crippen molar-refractivity contribution < 1.29 is 17.9 Å². The SMILES string of the molecule is COC(=O)/C=N\S(=O)(=O)c1ccc(C)cc1. The summed E-state index contributed by atoms with van der Waals surface area (Å²) in [6.45, 7) is 1.84. The minimum Gasteiger partial charge on any atom is -0.465 e. The van der Waals surface area contributed by atoms with Crippen LogP contribution < -0.4 is 0 Å². The fraction of sp³-hybridized carbons (Fsp3) is 0.200. The van der Waals surface area contributed by atoms with Gasteiger partial charge in [-0.05, 0) is 19.1 Å². The highest BCUT2D eigenvalue weighted by atomic mass is 32.2. The lowest BCUT2D eigenvalue weighted by atomic mass is 10.2. The summed E-state index contributed by atoms with van der Waals surface area (Å²) in [5.41, 5.74) is 0.941. The summed E-state index contributed by atoms with van der Waals surface area (Å²) in [4.78, 5) is 10.7. The smallest absolute Gasteiger partial charge is 0.350 e. The Hall–Kier alpha value is -1.69. The number of carbonyl (C=O) groups excluding carboxylic acids is 1. The van der Waals surface area contributed by atoms with Gasteiger partial charge in [-0.15, -0.1) is 0 Å². The molecule has 0 bridgehead atoms. The molecule has 1 rings (SSSR count). The van der Waals surface area contributed by atoms with Crippen LogP contribution in [0.5, 0.6) is 0 Å². The fourth-order valence-electron chi connectivity index (χ4n) is 0.936. The summed E-state index contributed by atoms with van der Waals surface area (Å²) in [7, 11) is -2.67. The topological polar surface area (TPSA) is 72.8 Å². The predicted octanol–water partition coefficient (Wildman–Crippen LogP) is 0.928. The number of sulfonamides is 1. The van der Waals surface area contributed by atoms with E-state index in [1.165, 1.54) is 12.1 Å². The molecule has 0 atom stereocenters. The molecule has 0 heterocycles. The minimum atomic E-state index is -3.81. The Morgan fingerprint density at radius 3 is 2.38 bits per heavy atom. The number of nitrogens with zero attached hydrogens (tertiary/aromatic N) is 1. The molecule has 16 heavy (non-hydrogen) atoms. The third-order valence-corrected chi connectivity index (χ3v) is 3.07. The van der Waals surface area contributed by atoms with Crippen molar-refractivity contribution in [3.8, 4) is 0 Å². The van der Waals surface area contributed by atoms with Gasteiger partial charge in [0.15, 0.2) is 0 Å². The molecule has 5 nitrogen and oxygen atoms in total. The van der Waals surface area contributed by atoms with Gasteiger partial charge in [0.05, 0.1) is 12.0 Å². The Labute approximate surface area is 93.8 Å². The number of benzene rings is 1. The van der Waals surface area contributed by atoms with Gasteiger partial charge in [-0.1, -0.05) is 17.7 Å². The van der Waals surface area contributed by atoms with E-state index in [-0.39, 0.29) is 4.90 Å². The molecule has 0 fully saturated rings. The van der Waals surface area contributed by atoms with Gasteiger partial charge in [-0.3, -0.25) is 0 Å². The van der Waals surface area contributed by atoms with Crippen LogP contribution in [0.3, 0.4) is 0 Å². The second kappa shape index (κ2) is 4.89. The molecule has 0 unspecified atom stereocenters. The summed E-state index contributed by atoms with van der Waals surface area (Å²) in [5, 5.41) is 0. The molecule has 0 saturated carbocycles. The van der Waals surface area contributed by atoms with Gasteiger partial charge in [0, 0.05) is 0 Å². The van der Waals surface area contributed by atoms with E-state index in [1.807, 2.05) is 6.92 Å². The van der Waals surface area contributed by atoms with Crippen LogP contribution in [0.4, 0.5) is 0 Å². The number of methoxy groups -OCH3 is 1.